The number of para-hydroxylation sites is 1. The first-order valence-electron chi connectivity index (χ1n) is 13.5. The molecule has 1 aromatic heterocycles. The smallest absolute Gasteiger partial charge is 0.326 e. The van der Waals surface area contributed by atoms with E-state index in [0.29, 0.717) is 12.0 Å². The molecule has 0 saturated carbocycles. The van der Waals surface area contributed by atoms with Gasteiger partial charge in [-0.15, -0.1) is 0 Å². The van der Waals surface area contributed by atoms with Gasteiger partial charge in [-0.05, 0) is 48.6 Å². The zero-order valence-corrected chi connectivity index (χ0v) is 22.8. The van der Waals surface area contributed by atoms with Gasteiger partial charge in [-0.2, -0.15) is 0 Å². The van der Waals surface area contributed by atoms with Gasteiger partial charge in [-0.3, -0.25) is 19.2 Å². The van der Waals surface area contributed by atoms with E-state index in [1.54, 1.807) is 18.3 Å². The summed E-state index contributed by atoms with van der Waals surface area (Å²) in [7, 11) is 0. The average molecular weight is 579 g/mol. The number of phenolic OH excluding ortho intramolecular Hbond substituents is 1. The Morgan fingerprint density at radius 3 is 2.36 bits per heavy atom. The van der Waals surface area contributed by atoms with Crippen molar-refractivity contribution in [2.75, 3.05) is 6.54 Å². The lowest BCUT2D eigenvalue weighted by Crippen LogP contribution is -2.58. The fraction of sp³-hybridized carbons (Fsp3) is 0.345. The number of aromatic amines is 1. The van der Waals surface area contributed by atoms with E-state index in [-0.39, 0.29) is 31.6 Å². The van der Waals surface area contributed by atoms with Gasteiger partial charge in [0.1, 0.15) is 23.9 Å². The zero-order valence-electron chi connectivity index (χ0n) is 22.8. The second kappa shape index (κ2) is 13.2. The Hall–Kier alpha value is -4.91. The normalized spacial score (nSPS) is 16.9. The van der Waals surface area contributed by atoms with E-state index in [4.69, 9.17) is 11.5 Å². The number of nitrogens with two attached hydrogens (primary N) is 2. The van der Waals surface area contributed by atoms with Crippen LogP contribution in [-0.4, -0.2) is 80.4 Å². The minimum absolute atomic E-state index is 0.00403. The standard InChI is InChI=1S/C29H34N6O7/c30-20(13-17-15-32-21-5-2-1-4-19(17)21)26(38)33-22(14-25(31)37)27(39)34-23(12-16-7-9-18(36)10-8-16)28(40)35-11-3-6-24(35)29(41)42/h1-2,4-5,7-10,15,20,22-24,32,36H,3,6,11-14,30H2,(H2,31,37)(H,33,38)(H,34,39)(H,41,42). The number of H-pyrrole nitrogens is 1. The van der Waals surface area contributed by atoms with Gasteiger partial charge in [-0.1, -0.05) is 30.3 Å². The summed E-state index contributed by atoms with van der Waals surface area (Å²) in [5.74, 6) is -4.20. The van der Waals surface area contributed by atoms with Crippen LogP contribution in [0.25, 0.3) is 10.9 Å². The van der Waals surface area contributed by atoms with Gasteiger partial charge in [0.2, 0.25) is 23.6 Å². The number of carbonyl (C=O) groups excluding carboxylic acids is 4. The first-order chi connectivity index (χ1) is 20.0. The number of hydrogen-bond donors (Lipinski definition) is 7. The largest absolute Gasteiger partial charge is 0.508 e. The molecule has 0 spiro atoms. The number of hydrogen-bond acceptors (Lipinski definition) is 7. The molecule has 1 aliphatic rings. The molecule has 42 heavy (non-hydrogen) atoms. The van der Waals surface area contributed by atoms with Crippen LogP contribution in [0.2, 0.25) is 0 Å². The number of aromatic nitrogens is 1. The molecule has 2 aromatic carbocycles. The lowest BCUT2D eigenvalue weighted by atomic mass is 10.0. The summed E-state index contributed by atoms with van der Waals surface area (Å²) in [5.41, 5.74) is 13.8. The third-order valence-electron chi connectivity index (χ3n) is 7.30. The number of nitrogens with one attached hydrogen (secondary N) is 3. The molecule has 4 atom stereocenters. The minimum atomic E-state index is -1.44. The molecule has 0 aliphatic carbocycles. The summed E-state index contributed by atoms with van der Waals surface area (Å²) in [4.78, 5) is 67.8. The fourth-order valence-electron chi connectivity index (χ4n) is 5.15. The van der Waals surface area contributed by atoms with Crippen LogP contribution in [0.15, 0.2) is 54.7 Å². The van der Waals surface area contributed by atoms with Crippen LogP contribution in [0.1, 0.15) is 30.4 Å². The highest BCUT2D eigenvalue weighted by atomic mass is 16.4. The van der Waals surface area contributed by atoms with Gasteiger partial charge < -0.3 is 42.2 Å². The molecule has 13 nitrogen and oxygen atoms in total. The van der Waals surface area contributed by atoms with E-state index in [2.05, 4.69) is 15.6 Å². The van der Waals surface area contributed by atoms with Gasteiger partial charge in [0.15, 0.2) is 0 Å². The van der Waals surface area contributed by atoms with Crippen LogP contribution in [0.4, 0.5) is 0 Å². The first-order valence-corrected chi connectivity index (χ1v) is 13.5. The van der Waals surface area contributed by atoms with Crippen molar-refractivity contribution < 1.29 is 34.2 Å². The SMILES string of the molecule is NC(=O)CC(NC(=O)C(N)Cc1c[nH]c2ccccc12)C(=O)NC(Cc1ccc(O)cc1)C(=O)N1CCCC1C(=O)O. The second-order valence-electron chi connectivity index (χ2n) is 10.4. The molecular weight excluding hydrogens is 544 g/mol. The van der Waals surface area contributed by atoms with Crippen molar-refractivity contribution in [3.8, 4) is 5.75 Å². The zero-order chi connectivity index (χ0) is 30.4. The number of carboxylic acid groups (broad SMARTS) is 1. The molecule has 3 aromatic rings. The van der Waals surface area contributed by atoms with E-state index in [9.17, 15) is 34.2 Å². The van der Waals surface area contributed by atoms with Crippen LogP contribution in [0.5, 0.6) is 5.75 Å². The number of rotatable bonds is 12. The van der Waals surface area contributed by atoms with Gasteiger partial charge in [-0.25, -0.2) is 4.79 Å². The van der Waals surface area contributed by atoms with E-state index in [0.717, 1.165) is 16.5 Å². The van der Waals surface area contributed by atoms with Crippen molar-refractivity contribution in [1.29, 1.82) is 0 Å². The third-order valence-corrected chi connectivity index (χ3v) is 7.30. The van der Waals surface area contributed by atoms with Gasteiger partial charge in [0.05, 0.1) is 12.5 Å². The summed E-state index contributed by atoms with van der Waals surface area (Å²) in [6.07, 6.45) is 2.05. The number of primary amides is 1. The number of fused-ring (bicyclic) bond motifs is 1. The molecule has 4 unspecified atom stereocenters. The Morgan fingerprint density at radius 2 is 1.67 bits per heavy atom. The Bertz CT molecular complexity index is 1470. The molecule has 1 aliphatic heterocycles. The van der Waals surface area contributed by atoms with Crippen LogP contribution >= 0.6 is 0 Å². The first kappa shape index (κ1) is 30.1. The fourth-order valence-corrected chi connectivity index (χ4v) is 5.15. The molecule has 13 heteroatoms. The van der Waals surface area contributed by atoms with Crippen LogP contribution in [-0.2, 0) is 36.8 Å². The molecule has 222 valence electrons. The molecule has 4 rings (SSSR count). The Labute approximate surface area is 241 Å². The van der Waals surface area contributed by atoms with Crippen molar-refractivity contribution in [3.05, 3.63) is 65.9 Å². The predicted molar refractivity (Wildman–Crippen MR) is 152 cm³/mol. The van der Waals surface area contributed by atoms with Gasteiger partial charge in [0, 0.05) is 30.1 Å². The summed E-state index contributed by atoms with van der Waals surface area (Å²) in [5, 5.41) is 25.2. The van der Waals surface area contributed by atoms with Crippen molar-refractivity contribution in [1.82, 2.24) is 20.5 Å². The molecule has 4 amide bonds. The monoisotopic (exact) mass is 578 g/mol. The maximum Gasteiger partial charge on any atom is 0.326 e. The van der Waals surface area contributed by atoms with Crippen LogP contribution < -0.4 is 22.1 Å². The average Bonchev–Trinajstić information content (AvgIpc) is 3.61. The number of carboxylic acids is 1. The van der Waals surface area contributed by atoms with E-state index >= 15 is 0 Å². The maximum atomic E-state index is 13.5. The van der Waals surface area contributed by atoms with Gasteiger partial charge >= 0.3 is 5.97 Å². The Morgan fingerprint density at radius 1 is 0.976 bits per heavy atom. The van der Waals surface area contributed by atoms with Crippen molar-refractivity contribution in [3.63, 3.8) is 0 Å². The second-order valence-corrected chi connectivity index (χ2v) is 10.4. The summed E-state index contributed by atoms with van der Waals surface area (Å²) < 4.78 is 0. The molecule has 2 heterocycles. The Kier molecular flexibility index (Phi) is 9.42. The lowest BCUT2D eigenvalue weighted by molar-refractivity contribution is -0.149. The number of carbonyl (C=O) groups is 5. The minimum Gasteiger partial charge on any atom is -0.508 e. The lowest BCUT2D eigenvalue weighted by Gasteiger charge is -2.29. The number of nitrogens with zero attached hydrogens (tertiary/aromatic N) is 1. The number of phenols is 1. The quantitative estimate of drug-likeness (QED) is 0.153. The molecule has 1 saturated heterocycles. The maximum absolute atomic E-state index is 13.5. The van der Waals surface area contributed by atoms with E-state index in [1.165, 1.54) is 17.0 Å². The summed E-state index contributed by atoms with van der Waals surface area (Å²) in [6.45, 7) is 0.196. The third kappa shape index (κ3) is 7.23. The molecule has 0 radical (unpaired) electrons. The van der Waals surface area contributed by atoms with E-state index < -0.39 is 60.2 Å². The van der Waals surface area contributed by atoms with Gasteiger partial charge in [0.25, 0.3) is 0 Å². The van der Waals surface area contributed by atoms with Crippen LogP contribution in [0.3, 0.4) is 0 Å². The predicted octanol–water partition coefficient (Wildman–Crippen LogP) is -0.0934. The molecule has 1 fully saturated rings. The molecule has 9 N–H and O–H groups in total. The highest BCUT2D eigenvalue weighted by Crippen LogP contribution is 2.21. The van der Waals surface area contributed by atoms with Crippen molar-refractivity contribution in [2.45, 2.75) is 56.3 Å². The highest BCUT2D eigenvalue weighted by molar-refractivity contribution is 5.96. The summed E-state index contributed by atoms with van der Waals surface area (Å²) >= 11 is 0. The molecular formula is C29H34N6O7. The van der Waals surface area contributed by atoms with E-state index in [1.807, 2.05) is 24.3 Å². The number of aromatic hydroxyl groups is 1. The summed E-state index contributed by atoms with van der Waals surface area (Å²) in [6, 6.07) is 8.68. The topological polar surface area (TPSA) is 221 Å². The molecule has 0 bridgehead atoms. The van der Waals surface area contributed by atoms with Crippen molar-refractivity contribution >= 4 is 40.5 Å². The number of benzene rings is 2. The number of likely N-dealkylation sites (tertiary alicyclic amines) is 1. The number of aliphatic carboxylic acids is 1. The van der Waals surface area contributed by atoms with Crippen molar-refractivity contribution in [2.24, 2.45) is 11.5 Å². The van der Waals surface area contributed by atoms with Crippen LogP contribution in [0, 0.1) is 0 Å². The highest BCUT2D eigenvalue weighted by Gasteiger charge is 2.38. The Balaban J connectivity index is 1.50. The number of amides is 4.